The standard InChI is InChI=1S/C19H21N5O2.C12H18N2O.C7H5N3O2.C2HF3O.ClH/c1-14(15-4-6-16(7-5-15)23-9-11-26-12-10-23)21-19(25)17-13-24-18(22-17)3-2-8-20-24;1-10(13)11-2-4-12(5-3-11)14-6-8-15-9-7-14;11-7(12)5-4-10-6(9-5)2-1-3-8-10;3-2(4,5)1-6;/h2-8,13-14H,9-12H2,1H3,(H,21,25);2-5,10H,6-9,13H2,1H3;1-4H,(H,11,12);1H;1H/t14-;10-;;;/m11.../s1. The second kappa shape index (κ2) is 22.3. The van der Waals surface area contributed by atoms with Crippen molar-refractivity contribution in [1.29, 1.82) is 0 Å². The molecule has 6 heterocycles. The Bertz CT molecular complexity index is 2190. The third-order valence-corrected chi connectivity index (χ3v) is 8.97. The molecule has 2 aromatic carbocycles. The molecule has 6 aromatic rings. The Morgan fingerprint density at radius 2 is 1.17 bits per heavy atom. The highest BCUT2D eigenvalue weighted by Crippen LogP contribution is 2.21. The summed E-state index contributed by atoms with van der Waals surface area (Å²) in [6, 6.07) is 23.8. The number of rotatable bonds is 7. The number of hydrogen-bond donors (Lipinski definition) is 3. The maximum Gasteiger partial charge on any atom is 0.446 e. The van der Waals surface area contributed by atoms with E-state index in [2.05, 4.69) is 83.8 Å². The Kier molecular flexibility index (Phi) is 17.3. The molecule has 4 aromatic heterocycles. The van der Waals surface area contributed by atoms with Gasteiger partial charge in [0.15, 0.2) is 17.0 Å². The number of anilines is 2. The summed E-state index contributed by atoms with van der Waals surface area (Å²) in [7, 11) is 0. The highest BCUT2D eigenvalue weighted by molar-refractivity contribution is 5.93. The SMILES string of the molecule is C[C@@H](N)c1ccc(N2CCOCC2)cc1.C[C@@H](NC(=O)c1cn2ncccc2n1)c1ccc(N2CCOCC2)cc1.Cl.O=C(O)c1cn2ncccc2n1.O=CC(F)(F)F. The molecule has 1 amide bonds. The first-order valence-corrected chi connectivity index (χ1v) is 18.6. The Hall–Kier alpha value is -6.15. The molecule has 320 valence electrons. The molecular weight excluding hydrogens is 809 g/mol. The zero-order valence-electron chi connectivity index (χ0n) is 32.8. The summed E-state index contributed by atoms with van der Waals surface area (Å²) >= 11 is 0. The molecule has 0 saturated carbocycles. The first-order chi connectivity index (χ1) is 28.3. The number of alkyl halides is 3. The molecule has 0 unspecified atom stereocenters. The first-order valence-electron chi connectivity index (χ1n) is 18.6. The minimum absolute atomic E-state index is 0. The van der Waals surface area contributed by atoms with Crippen LogP contribution in [0.25, 0.3) is 11.3 Å². The van der Waals surface area contributed by atoms with Gasteiger partial charge in [-0.2, -0.15) is 23.4 Å². The van der Waals surface area contributed by atoms with Crippen LogP contribution in [0.3, 0.4) is 0 Å². The van der Waals surface area contributed by atoms with E-state index in [4.69, 9.17) is 25.1 Å². The van der Waals surface area contributed by atoms with Crippen LogP contribution in [-0.2, 0) is 14.3 Å². The molecule has 2 aliphatic heterocycles. The van der Waals surface area contributed by atoms with Gasteiger partial charge in [0.2, 0.25) is 6.29 Å². The van der Waals surface area contributed by atoms with Gasteiger partial charge in [0, 0.05) is 56.0 Å². The fraction of sp³-hybridized carbons (Fsp3) is 0.325. The van der Waals surface area contributed by atoms with E-state index in [1.807, 2.05) is 19.9 Å². The van der Waals surface area contributed by atoms with Gasteiger partial charge in [0.05, 0.1) is 44.9 Å². The van der Waals surface area contributed by atoms with Crippen LogP contribution in [-0.4, -0.2) is 111 Å². The van der Waals surface area contributed by atoms with Crippen LogP contribution in [0.4, 0.5) is 24.5 Å². The molecule has 16 nitrogen and oxygen atoms in total. The minimum atomic E-state index is -4.64. The average molecular weight is 855 g/mol. The van der Waals surface area contributed by atoms with Gasteiger partial charge in [-0.3, -0.25) is 9.59 Å². The topological polar surface area (TPSA) is 195 Å². The molecule has 0 spiro atoms. The summed E-state index contributed by atoms with van der Waals surface area (Å²) in [6.07, 6.45) is 0.541. The minimum Gasteiger partial charge on any atom is -0.476 e. The van der Waals surface area contributed by atoms with Gasteiger partial charge in [-0.05, 0) is 73.5 Å². The largest absolute Gasteiger partial charge is 0.476 e. The van der Waals surface area contributed by atoms with Crippen LogP contribution < -0.4 is 20.9 Å². The second-order valence-electron chi connectivity index (χ2n) is 13.2. The number of carbonyl (C=O) groups is 3. The number of carboxylic acids is 1. The van der Waals surface area contributed by atoms with E-state index >= 15 is 0 Å². The fourth-order valence-corrected chi connectivity index (χ4v) is 5.83. The van der Waals surface area contributed by atoms with Crippen LogP contribution in [0.5, 0.6) is 0 Å². The lowest BCUT2D eigenvalue weighted by atomic mass is 10.1. The number of amides is 1. The number of ether oxygens (including phenoxy) is 2. The summed E-state index contributed by atoms with van der Waals surface area (Å²) in [5.41, 5.74) is 12.1. The highest BCUT2D eigenvalue weighted by atomic mass is 35.5. The lowest BCUT2D eigenvalue weighted by molar-refractivity contribution is -0.156. The number of aldehydes is 1. The van der Waals surface area contributed by atoms with E-state index in [0.29, 0.717) is 17.0 Å². The number of halogens is 4. The number of nitrogens with one attached hydrogen (secondary N) is 1. The average Bonchev–Trinajstić information content (AvgIpc) is 3.91. The lowest BCUT2D eigenvalue weighted by Crippen LogP contribution is -2.36. The van der Waals surface area contributed by atoms with Crippen molar-refractivity contribution in [3.63, 3.8) is 0 Å². The molecule has 0 aliphatic carbocycles. The highest BCUT2D eigenvalue weighted by Gasteiger charge is 2.25. The number of fused-ring (bicyclic) bond motifs is 2. The zero-order chi connectivity index (χ0) is 42.4. The summed E-state index contributed by atoms with van der Waals surface area (Å²) < 4.78 is 45.0. The molecule has 2 saturated heterocycles. The van der Waals surface area contributed by atoms with E-state index in [-0.39, 0.29) is 36.1 Å². The first kappa shape index (κ1) is 46.5. The van der Waals surface area contributed by atoms with Crippen LogP contribution in [0, 0.1) is 0 Å². The van der Waals surface area contributed by atoms with Crippen LogP contribution in [0.1, 0.15) is 58.0 Å². The number of nitrogens with two attached hydrogens (primary N) is 1. The Morgan fingerprint density at radius 3 is 1.57 bits per heavy atom. The van der Waals surface area contributed by atoms with Gasteiger partial charge < -0.3 is 35.4 Å². The van der Waals surface area contributed by atoms with E-state index in [1.54, 1.807) is 41.3 Å². The molecule has 0 bridgehead atoms. The van der Waals surface area contributed by atoms with Gasteiger partial charge in [-0.25, -0.2) is 23.8 Å². The number of aromatic nitrogens is 6. The molecule has 60 heavy (non-hydrogen) atoms. The van der Waals surface area contributed by atoms with Crippen LogP contribution >= 0.6 is 12.4 Å². The summed E-state index contributed by atoms with van der Waals surface area (Å²) in [5.74, 6) is -1.25. The molecule has 4 N–H and O–H groups in total. The predicted octanol–water partition coefficient (Wildman–Crippen LogP) is 5.20. The normalized spacial score (nSPS) is 14.8. The number of hydrogen-bond acceptors (Lipinski definition) is 12. The van der Waals surface area contributed by atoms with Crippen molar-refractivity contribution >= 4 is 53.2 Å². The van der Waals surface area contributed by atoms with Crippen molar-refractivity contribution in [3.05, 3.63) is 120 Å². The molecule has 2 aliphatic rings. The Morgan fingerprint density at radius 1 is 0.750 bits per heavy atom. The maximum absolute atomic E-state index is 12.5. The monoisotopic (exact) mass is 854 g/mol. The summed E-state index contributed by atoms with van der Waals surface area (Å²) in [5, 5.41) is 19.6. The van der Waals surface area contributed by atoms with Crippen molar-refractivity contribution in [2.45, 2.75) is 32.1 Å². The van der Waals surface area contributed by atoms with Crippen LogP contribution in [0.2, 0.25) is 0 Å². The van der Waals surface area contributed by atoms with E-state index in [0.717, 1.165) is 58.2 Å². The summed E-state index contributed by atoms with van der Waals surface area (Å²) in [4.78, 5) is 44.4. The van der Waals surface area contributed by atoms with E-state index in [1.165, 1.54) is 27.7 Å². The maximum atomic E-state index is 12.5. The number of morpholine rings is 2. The van der Waals surface area contributed by atoms with Crippen molar-refractivity contribution in [2.75, 3.05) is 62.4 Å². The van der Waals surface area contributed by atoms with Crippen molar-refractivity contribution in [3.8, 4) is 0 Å². The third-order valence-electron chi connectivity index (χ3n) is 8.97. The Balaban J connectivity index is 0.000000198. The molecule has 2 fully saturated rings. The number of carboxylic acid groups (broad SMARTS) is 1. The fourth-order valence-electron chi connectivity index (χ4n) is 5.83. The van der Waals surface area contributed by atoms with E-state index in [9.17, 15) is 22.8 Å². The van der Waals surface area contributed by atoms with Gasteiger partial charge in [0.25, 0.3) is 5.91 Å². The molecular formula is C40H46ClF3N10O6. The van der Waals surface area contributed by atoms with Gasteiger partial charge in [-0.15, -0.1) is 12.4 Å². The van der Waals surface area contributed by atoms with Crippen molar-refractivity contribution in [2.24, 2.45) is 5.73 Å². The quantitative estimate of drug-likeness (QED) is 0.178. The zero-order valence-corrected chi connectivity index (χ0v) is 33.6. The number of nitrogens with zero attached hydrogens (tertiary/aromatic N) is 8. The number of aromatic carboxylic acids is 1. The van der Waals surface area contributed by atoms with Crippen molar-refractivity contribution < 1.29 is 42.1 Å². The molecule has 8 rings (SSSR count). The molecule has 2 atom stereocenters. The number of imidazole rings is 2. The van der Waals surface area contributed by atoms with Gasteiger partial charge >= 0.3 is 12.1 Å². The smallest absolute Gasteiger partial charge is 0.446 e. The second-order valence-corrected chi connectivity index (χ2v) is 13.2. The van der Waals surface area contributed by atoms with E-state index < -0.39 is 18.4 Å². The van der Waals surface area contributed by atoms with Crippen molar-refractivity contribution in [1.82, 2.24) is 34.5 Å². The van der Waals surface area contributed by atoms with Gasteiger partial charge in [-0.1, -0.05) is 24.3 Å². The predicted molar refractivity (Wildman–Crippen MR) is 220 cm³/mol. The molecule has 20 heteroatoms. The van der Waals surface area contributed by atoms with Gasteiger partial charge in [0.1, 0.15) is 5.69 Å². The third kappa shape index (κ3) is 13.7. The van der Waals surface area contributed by atoms with Crippen LogP contribution in [0.15, 0.2) is 97.6 Å². The lowest BCUT2D eigenvalue weighted by Gasteiger charge is -2.29. The number of carbonyl (C=O) groups excluding carboxylic acids is 2. The summed E-state index contributed by atoms with van der Waals surface area (Å²) in [6.45, 7) is 10.9. The Labute approximate surface area is 349 Å². The molecule has 0 radical (unpaired) electrons. The number of benzene rings is 2.